The topological polar surface area (TPSA) is 65.8 Å². The zero-order valence-electron chi connectivity index (χ0n) is 16.1. The van der Waals surface area contributed by atoms with Gasteiger partial charge in [0.05, 0.1) is 5.69 Å². The van der Waals surface area contributed by atoms with Gasteiger partial charge in [0.2, 0.25) is 5.91 Å². The Bertz CT molecular complexity index is 810. The Balaban J connectivity index is 1.45. The molecule has 1 aromatic carbocycles. The number of anilines is 1. The number of carbonyl (C=O) groups excluding carboxylic acids is 1. The lowest BCUT2D eigenvalue weighted by molar-refractivity contribution is -0.133. The molecule has 6 heteroatoms. The fourth-order valence-corrected chi connectivity index (χ4v) is 3.51. The van der Waals surface area contributed by atoms with Crippen molar-refractivity contribution < 1.29 is 9.21 Å². The van der Waals surface area contributed by atoms with Gasteiger partial charge in [-0.3, -0.25) is 9.69 Å². The molecule has 0 unspecified atom stereocenters. The zero-order valence-corrected chi connectivity index (χ0v) is 16.1. The molecule has 0 aliphatic carbocycles. The molecule has 1 saturated heterocycles. The van der Waals surface area contributed by atoms with E-state index < -0.39 is 0 Å². The molecule has 3 rings (SSSR count). The smallest absolute Gasteiger partial charge is 0.338 e. The maximum atomic E-state index is 12.2. The third-order valence-corrected chi connectivity index (χ3v) is 5.11. The Morgan fingerprint density at radius 3 is 2.70 bits per heavy atom. The van der Waals surface area contributed by atoms with Crippen LogP contribution in [0.2, 0.25) is 0 Å². The zero-order chi connectivity index (χ0) is 19.1. The van der Waals surface area contributed by atoms with Gasteiger partial charge in [-0.2, -0.15) is 0 Å². The summed E-state index contributed by atoms with van der Waals surface area (Å²) >= 11 is 0. The van der Waals surface area contributed by atoms with Crippen LogP contribution >= 0.6 is 0 Å². The van der Waals surface area contributed by atoms with Crippen molar-refractivity contribution in [3.8, 4) is 0 Å². The number of piperazine rings is 1. The van der Waals surface area contributed by atoms with Gasteiger partial charge in [0.15, 0.2) is 0 Å². The lowest BCUT2D eigenvalue weighted by Gasteiger charge is -2.35. The van der Waals surface area contributed by atoms with Crippen LogP contribution in [0.3, 0.4) is 0 Å². The predicted octanol–water partition coefficient (Wildman–Crippen LogP) is 2.93. The van der Waals surface area contributed by atoms with Crippen LogP contribution in [-0.2, 0) is 4.79 Å². The Labute approximate surface area is 160 Å². The van der Waals surface area contributed by atoms with E-state index in [2.05, 4.69) is 17.1 Å². The molecule has 1 aliphatic heterocycles. The molecular formula is C21H29N3O3. The van der Waals surface area contributed by atoms with Crippen LogP contribution in [0.15, 0.2) is 39.5 Å². The van der Waals surface area contributed by atoms with Crippen molar-refractivity contribution in [2.75, 3.05) is 44.6 Å². The highest BCUT2D eigenvalue weighted by Crippen LogP contribution is 2.20. The first-order valence-electron chi connectivity index (χ1n) is 9.94. The van der Waals surface area contributed by atoms with Crippen LogP contribution in [0.5, 0.6) is 0 Å². The van der Waals surface area contributed by atoms with Crippen molar-refractivity contribution in [3.05, 3.63) is 40.8 Å². The molecule has 1 aliphatic rings. The SMILES string of the molecule is CCCCCC(=O)N1CCN(CCNc2cc(=O)oc3ccccc23)CC1. The van der Waals surface area contributed by atoms with Crippen LogP contribution < -0.4 is 10.9 Å². The molecule has 6 nitrogen and oxygen atoms in total. The number of para-hydroxylation sites is 1. The van der Waals surface area contributed by atoms with E-state index in [4.69, 9.17) is 4.42 Å². The maximum absolute atomic E-state index is 12.2. The van der Waals surface area contributed by atoms with E-state index in [-0.39, 0.29) is 5.63 Å². The largest absolute Gasteiger partial charge is 0.423 e. The second kappa shape index (κ2) is 9.55. The molecule has 27 heavy (non-hydrogen) atoms. The highest BCUT2D eigenvalue weighted by Gasteiger charge is 2.20. The quantitative estimate of drug-likeness (QED) is 0.571. The van der Waals surface area contributed by atoms with Crippen LogP contribution in [0.1, 0.15) is 32.6 Å². The van der Waals surface area contributed by atoms with E-state index >= 15 is 0 Å². The summed E-state index contributed by atoms with van der Waals surface area (Å²) in [6.45, 7) is 7.20. The highest BCUT2D eigenvalue weighted by molar-refractivity contribution is 5.89. The van der Waals surface area contributed by atoms with Crippen LogP contribution in [0, 0.1) is 0 Å². The molecular weight excluding hydrogens is 342 g/mol. The van der Waals surface area contributed by atoms with Crippen molar-refractivity contribution in [3.63, 3.8) is 0 Å². The van der Waals surface area contributed by atoms with Crippen molar-refractivity contribution in [1.29, 1.82) is 0 Å². The summed E-state index contributed by atoms with van der Waals surface area (Å²) < 4.78 is 5.22. The minimum atomic E-state index is -0.341. The van der Waals surface area contributed by atoms with E-state index in [1.165, 1.54) is 6.07 Å². The molecule has 0 atom stereocenters. The number of unbranched alkanes of at least 4 members (excludes halogenated alkanes) is 2. The van der Waals surface area contributed by atoms with E-state index in [1.807, 2.05) is 23.1 Å². The second-order valence-electron chi connectivity index (χ2n) is 7.08. The molecule has 1 aromatic heterocycles. The standard InChI is InChI=1S/C21H29N3O3/c1-2-3-4-9-20(25)24-14-12-23(13-15-24)11-10-22-18-16-21(26)27-19-8-6-5-7-17(18)19/h5-8,16,22H,2-4,9-15H2,1H3. The molecule has 1 N–H and O–H groups in total. The summed E-state index contributed by atoms with van der Waals surface area (Å²) in [5.74, 6) is 0.295. The van der Waals surface area contributed by atoms with E-state index in [0.29, 0.717) is 17.9 Å². The van der Waals surface area contributed by atoms with Crippen molar-refractivity contribution in [2.24, 2.45) is 0 Å². The number of rotatable bonds is 8. The molecule has 0 radical (unpaired) electrons. The van der Waals surface area contributed by atoms with Gasteiger partial charge in [-0.15, -0.1) is 0 Å². The number of nitrogens with one attached hydrogen (secondary N) is 1. The molecule has 1 fully saturated rings. The summed E-state index contributed by atoms with van der Waals surface area (Å²) in [5, 5.41) is 4.28. The lowest BCUT2D eigenvalue weighted by Crippen LogP contribution is -2.49. The summed E-state index contributed by atoms with van der Waals surface area (Å²) in [6.07, 6.45) is 3.95. The van der Waals surface area contributed by atoms with Crippen LogP contribution in [0.4, 0.5) is 5.69 Å². The summed E-state index contributed by atoms with van der Waals surface area (Å²) in [5.41, 5.74) is 1.07. The number of fused-ring (bicyclic) bond motifs is 1. The first-order valence-corrected chi connectivity index (χ1v) is 9.94. The molecule has 2 heterocycles. The summed E-state index contributed by atoms with van der Waals surface area (Å²) in [7, 11) is 0. The lowest BCUT2D eigenvalue weighted by atomic mass is 10.2. The number of hydrogen-bond donors (Lipinski definition) is 1. The highest BCUT2D eigenvalue weighted by atomic mass is 16.4. The van der Waals surface area contributed by atoms with Crippen LogP contribution in [0.25, 0.3) is 11.0 Å². The molecule has 2 aromatic rings. The van der Waals surface area contributed by atoms with Crippen molar-refractivity contribution in [1.82, 2.24) is 9.80 Å². The average molecular weight is 371 g/mol. The minimum Gasteiger partial charge on any atom is -0.423 e. The normalized spacial score (nSPS) is 15.2. The number of amides is 1. The predicted molar refractivity (Wildman–Crippen MR) is 108 cm³/mol. The minimum absolute atomic E-state index is 0.295. The van der Waals surface area contributed by atoms with Gasteiger partial charge in [0, 0.05) is 57.1 Å². The van der Waals surface area contributed by atoms with Gasteiger partial charge in [-0.25, -0.2) is 4.79 Å². The number of nitrogens with zero attached hydrogens (tertiary/aromatic N) is 2. The van der Waals surface area contributed by atoms with Gasteiger partial charge in [0.1, 0.15) is 5.58 Å². The number of hydrogen-bond acceptors (Lipinski definition) is 5. The fourth-order valence-electron chi connectivity index (χ4n) is 3.51. The fraction of sp³-hybridized carbons (Fsp3) is 0.524. The molecule has 0 bridgehead atoms. The van der Waals surface area contributed by atoms with Gasteiger partial charge in [-0.05, 0) is 18.6 Å². The molecule has 0 spiro atoms. The Morgan fingerprint density at radius 1 is 1.15 bits per heavy atom. The second-order valence-corrected chi connectivity index (χ2v) is 7.08. The molecule has 146 valence electrons. The van der Waals surface area contributed by atoms with Gasteiger partial charge >= 0.3 is 5.63 Å². The number of carbonyl (C=O) groups is 1. The average Bonchev–Trinajstić information content (AvgIpc) is 2.68. The van der Waals surface area contributed by atoms with Gasteiger partial charge in [-0.1, -0.05) is 31.9 Å². The Morgan fingerprint density at radius 2 is 1.93 bits per heavy atom. The van der Waals surface area contributed by atoms with Crippen LogP contribution in [-0.4, -0.2) is 55.0 Å². The third kappa shape index (κ3) is 5.32. The monoisotopic (exact) mass is 371 g/mol. The van der Waals surface area contributed by atoms with E-state index in [9.17, 15) is 9.59 Å². The van der Waals surface area contributed by atoms with Crippen molar-refractivity contribution in [2.45, 2.75) is 32.6 Å². The molecule has 0 saturated carbocycles. The van der Waals surface area contributed by atoms with Gasteiger partial charge in [0.25, 0.3) is 0 Å². The first-order chi connectivity index (χ1) is 13.2. The van der Waals surface area contributed by atoms with Gasteiger partial charge < -0.3 is 14.6 Å². The Hall–Kier alpha value is -2.34. The van der Waals surface area contributed by atoms with E-state index in [0.717, 1.165) is 69.6 Å². The summed E-state index contributed by atoms with van der Waals surface area (Å²) in [6, 6.07) is 9.06. The summed E-state index contributed by atoms with van der Waals surface area (Å²) in [4.78, 5) is 28.3. The first kappa shape index (κ1) is 19.4. The molecule has 1 amide bonds. The third-order valence-electron chi connectivity index (χ3n) is 5.11. The Kier molecular flexibility index (Phi) is 6.87. The number of benzene rings is 1. The van der Waals surface area contributed by atoms with Crippen molar-refractivity contribution >= 4 is 22.6 Å². The maximum Gasteiger partial charge on any atom is 0.338 e. The van der Waals surface area contributed by atoms with E-state index in [1.54, 1.807) is 6.07 Å².